The minimum absolute atomic E-state index is 0.0291. The normalized spacial score (nSPS) is 16.4. The molecule has 0 spiro atoms. The second-order valence-corrected chi connectivity index (χ2v) is 10.7. The summed E-state index contributed by atoms with van der Waals surface area (Å²) < 4.78 is 0. The number of carbonyl (C=O) groups is 3. The number of phenols is 1. The number of thioether (sulfide) groups is 1. The van der Waals surface area contributed by atoms with Gasteiger partial charge in [-0.25, -0.2) is 0 Å². The first-order chi connectivity index (χ1) is 18.8. The number of aliphatic hydroxyl groups is 1. The first kappa shape index (κ1) is 28.5. The van der Waals surface area contributed by atoms with Crippen LogP contribution in [0.3, 0.4) is 0 Å². The average molecular weight is 568 g/mol. The van der Waals surface area contributed by atoms with Gasteiger partial charge in [-0.05, 0) is 42.7 Å². The van der Waals surface area contributed by atoms with Crippen molar-refractivity contribution >= 4 is 41.1 Å². The standard InChI is InChI=1S/C29H30ClN3O5S/c1-18-21(11-7-13-25(18)34)27(36)32-23(14-19-8-3-2-4-9-19)26(35)29(38)33-17-39-16-24(33)28(37)31-15-20-10-5-6-12-22(20)30/h2-13,23-24,26,34-35H,14-17H2,1H3,(H,31,37)(H,32,36)/t23-,24?,26-/m0/s1. The second-order valence-electron chi connectivity index (χ2n) is 9.30. The number of hydrogen-bond acceptors (Lipinski definition) is 6. The second kappa shape index (κ2) is 13.0. The molecule has 1 aliphatic heterocycles. The number of halogens is 1. The number of amides is 3. The fourth-order valence-corrected chi connectivity index (χ4v) is 5.75. The Morgan fingerprint density at radius 2 is 1.77 bits per heavy atom. The van der Waals surface area contributed by atoms with Gasteiger partial charge >= 0.3 is 0 Å². The van der Waals surface area contributed by atoms with E-state index in [9.17, 15) is 24.6 Å². The number of phenolic OH excluding ortho intramolecular Hbond substituents is 1. The maximum atomic E-state index is 13.5. The predicted molar refractivity (Wildman–Crippen MR) is 152 cm³/mol. The first-order valence-electron chi connectivity index (χ1n) is 12.5. The summed E-state index contributed by atoms with van der Waals surface area (Å²) in [6.45, 7) is 1.82. The van der Waals surface area contributed by atoms with Crippen LogP contribution in [0.2, 0.25) is 5.02 Å². The summed E-state index contributed by atoms with van der Waals surface area (Å²) >= 11 is 7.60. The molecule has 0 aromatic heterocycles. The third kappa shape index (κ3) is 6.92. The van der Waals surface area contributed by atoms with Crippen LogP contribution in [0.25, 0.3) is 0 Å². The van der Waals surface area contributed by atoms with Gasteiger partial charge < -0.3 is 25.7 Å². The molecule has 1 fully saturated rings. The molecule has 204 valence electrons. The number of rotatable bonds is 9. The number of carbonyl (C=O) groups excluding carboxylic acids is 3. The lowest BCUT2D eigenvalue weighted by Gasteiger charge is -2.30. The van der Waals surface area contributed by atoms with Crippen LogP contribution in [0.1, 0.15) is 27.0 Å². The van der Waals surface area contributed by atoms with Crippen molar-refractivity contribution in [2.75, 3.05) is 11.6 Å². The number of hydrogen-bond donors (Lipinski definition) is 4. The predicted octanol–water partition coefficient (Wildman–Crippen LogP) is 3.27. The van der Waals surface area contributed by atoms with Gasteiger partial charge in [0.15, 0.2) is 6.10 Å². The van der Waals surface area contributed by atoms with E-state index < -0.39 is 30.0 Å². The van der Waals surface area contributed by atoms with Gasteiger partial charge in [-0.1, -0.05) is 66.2 Å². The van der Waals surface area contributed by atoms with Crippen molar-refractivity contribution in [3.05, 3.63) is 100 Å². The third-order valence-corrected chi connectivity index (χ3v) is 8.06. The van der Waals surface area contributed by atoms with E-state index in [1.165, 1.54) is 22.7 Å². The summed E-state index contributed by atoms with van der Waals surface area (Å²) in [5.41, 5.74) is 2.19. The summed E-state index contributed by atoms with van der Waals surface area (Å²) in [7, 11) is 0. The molecule has 3 aromatic carbocycles. The molecule has 1 aliphatic rings. The van der Waals surface area contributed by atoms with Crippen LogP contribution in [-0.2, 0) is 22.6 Å². The summed E-state index contributed by atoms with van der Waals surface area (Å²) in [6, 6.07) is 19.2. The van der Waals surface area contributed by atoms with Crippen LogP contribution in [0.4, 0.5) is 0 Å². The van der Waals surface area contributed by atoms with Gasteiger partial charge in [0.05, 0.1) is 11.9 Å². The molecule has 0 radical (unpaired) electrons. The molecular weight excluding hydrogens is 538 g/mol. The minimum atomic E-state index is -1.61. The van der Waals surface area contributed by atoms with Crippen LogP contribution >= 0.6 is 23.4 Å². The number of benzene rings is 3. The zero-order valence-corrected chi connectivity index (χ0v) is 22.9. The molecule has 3 aromatic rings. The van der Waals surface area contributed by atoms with Crippen molar-refractivity contribution in [3.8, 4) is 5.75 Å². The number of nitrogens with zero attached hydrogens (tertiary/aromatic N) is 1. The molecule has 1 unspecified atom stereocenters. The maximum absolute atomic E-state index is 13.5. The van der Waals surface area contributed by atoms with Crippen LogP contribution in [-0.4, -0.2) is 62.7 Å². The zero-order valence-electron chi connectivity index (χ0n) is 21.3. The highest BCUT2D eigenvalue weighted by Gasteiger charge is 2.40. The van der Waals surface area contributed by atoms with Gasteiger partial charge in [0, 0.05) is 28.4 Å². The van der Waals surface area contributed by atoms with Gasteiger partial charge in [0.2, 0.25) is 5.91 Å². The van der Waals surface area contributed by atoms with Crippen molar-refractivity contribution in [1.29, 1.82) is 0 Å². The topological polar surface area (TPSA) is 119 Å². The Morgan fingerprint density at radius 1 is 1.05 bits per heavy atom. The Hall–Kier alpha value is -3.53. The lowest BCUT2D eigenvalue weighted by Crippen LogP contribution is -2.56. The molecule has 0 saturated carbocycles. The molecule has 4 rings (SSSR count). The molecule has 3 amide bonds. The highest BCUT2D eigenvalue weighted by Crippen LogP contribution is 2.24. The van der Waals surface area contributed by atoms with E-state index in [4.69, 9.17) is 11.6 Å². The number of nitrogens with one attached hydrogen (secondary N) is 2. The quantitative estimate of drug-likeness (QED) is 0.315. The Morgan fingerprint density at radius 3 is 2.51 bits per heavy atom. The molecule has 0 bridgehead atoms. The summed E-state index contributed by atoms with van der Waals surface area (Å²) in [4.78, 5) is 41.1. The lowest BCUT2D eigenvalue weighted by atomic mass is 9.98. The highest BCUT2D eigenvalue weighted by atomic mass is 35.5. The van der Waals surface area contributed by atoms with Crippen LogP contribution in [0.15, 0.2) is 72.8 Å². The van der Waals surface area contributed by atoms with E-state index >= 15 is 0 Å². The summed E-state index contributed by atoms with van der Waals surface area (Å²) in [5, 5.41) is 27.4. The van der Waals surface area contributed by atoms with Crippen LogP contribution in [0, 0.1) is 6.92 Å². The molecule has 4 N–H and O–H groups in total. The van der Waals surface area contributed by atoms with E-state index in [-0.39, 0.29) is 36.1 Å². The third-order valence-electron chi connectivity index (χ3n) is 6.68. The molecule has 0 aliphatic carbocycles. The summed E-state index contributed by atoms with van der Waals surface area (Å²) in [5.74, 6) is -0.936. The molecule has 39 heavy (non-hydrogen) atoms. The fourth-order valence-electron chi connectivity index (χ4n) is 4.39. The van der Waals surface area contributed by atoms with Crippen LogP contribution in [0.5, 0.6) is 5.75 Å². The van der Waals surface area contributed by atoms with Crippen LogP contribution < -0.4 is 10.6 Å². The average Bonchev–Trinajstić information content (AvgIpc) is 3.43. The Labute approximate surface area is 236 Å². The molecule has 8 nitrogen and oxygen atoms in total. The molecule has 1 heterocycles. The van der Waals surface area contributed by atoms with Crippen molar-refractivity contribution < 1.29 is 24.6 Å². The maximum Gasteiger partial charge on any atom is 0.254 e. The first-order valence-corrected chi connectivity index (χ1v) is 14.0. The smallest absolute Gasteiger partial charge is 0.254 e. The van der Waals surface area contributed by atoms with Gasteiger partial charge in [-0.3, -0.25) is 14.4 Å². The highest BCUT2D eigenvalue weighted by molar-refractivity contribution is 7.99. The SMILES string of the molecule is Cc1c(O)cccc1C(=O)N[C@@H](Cc1ccccc1)[C@H](O)C(=O)N1CSCC1C(=O)NCc1ccccc1Cl. The van der Waals surface area contributed by atoms with E-state index in [1.807, 2.05) is 42.5 Å². The lowest BCUT2D eigenvalue weighted by molar-refractivity contribution is -0.146. The monoisotopic (exact) mass is 567 g/mol. The van der Waals surface area contributed by atoms with Crippen molar-refractivity contribution in [2.45, 2.75) is 38.1 Å². The van der Waals surface area contributed by atoms with Crippen molar-refractivity contribution in [1.82, 2.24) is 15.5 Å². The van der Waals surface area contributed by atoms with E-state index in [1.54, 1.807) is 31.2 Å². The Balaban J connectivity index is 1.50. The van der Waals surface area contributed by atoms with Gasteiger partial charge in [-0.2, -0.15) is 0 Å². The van der Waals surface area contributed by atoms with Gasteiger partial charge in [-0.15, -0.1) is 11.8 Å². The molecule has 3 atom stereocenters. The van der Waals surface area contributed by atoms with Gasteiger partial charge in [0.25, 0.3) is 11.8 Å². The number of aliphatic hydroxyl groups excluding tert-OH is 1. The molecule has 1 saturated heterocycles. The number of aromatic hydroxyl groups is 1. The van der Waals surface area contributed by atoms with E-state index in [2.05, 4.69) is 10.6 Å². The molecule has 10 heteroatoms. The zero-order chi connectivity index (χ0) is 27.9. The van der Waals surface area contributed by atoms with E-state index in [0.29, 0.717) is 16.3 Å². The van der Waals surface area contributed by atoms with Gasteiger partial charge in [0.1, 0.15) is 11.8 Å². The van der Waals surface area contributed by atoms with Crippen molar-refractivity contribution in [2.24, 2.45) is 0 Å². The Bertz CT molecular complexity index is 1340. The largest absolute Gasteiger partial charge is 0.508 e. The van der Waals surface area contributed by atoms with E-state index in [0.717, 1.165) is 11.1 Å². The Kier molecular flexibility index (Phi) is 9.50. The molecular formula is C29H30ClN3O5S. The van der Waals surface area contributed by atoms with Crippen molar-refractivity contribution in [3.63, 3.8) is 0 Å². The summed E-state index contributed by atoms with van der Waals surface area (Å²) in [6.07, 6.45) is -1.42. The fraction of sp³-hybridized carbons (Fsp3) is 0.276. The minimum Gasteiger partial charge on any atom is -0.508 e.